The lowest BCUT2D eigenvalue weighted by molar-refractivity contribution is 0.284. The second-order valence-electron chi connectivity index (χ2n) is 4.29. The van der Waals surface area contributed by atoms with Crippen LogP contribution in [0.1, 0.15) is 0 Å². The van der Waals surface area contributed by atoms with Crippen molar-refractivity contribution in [3.63, 3.8) is 0 Å². The van der Waals surface area contributed by atoms with Crippen molar-refractivity contribution in [1.82, 2.24) is 15.0 Å². The van der Waals surface area contributed by atoms with E-state index in [1.807, 2.05) is 0 Å². The molecule has 0 aliphatic carbocycles. The van der Waals surface area contributed by atoms with Crippen LogP contribution in [0.5, 0.6) is 0 Å². The minimum atomic E-state index is -4.69. The van der Waals surface area contributed by atoms with Crippen LogP contribution in [0.4, 0.5) is 11.9 Å². The summed E-state index contributed by atoms with van der Waals surface area (Å²) in [4.78, 5) is 12.7. The van der Waals surface area contributed by atoms with Crippen LogP contribution in [0.2, 0.25) is 5.28 Å². The molecule has 0 aromatic carbocycles. The van der Waals surface area contributed by atoms with E-state index in [4.69, 9.17) is 21.4 Å². The first-order valence-corrected chi connectivity index (χ1v) is 9.69. The quantitative estimate of drug-likeness (QED) is 0.296. The number of hydrogen-bond donors (Lipinski definition) is 2. The first kappa shape index (κ1) is 20.3. The number of hydrogen-bond acceptors (Lipinski definition) is 11. The summed E-state index contributed by atoms with van der Waals surface area (Å²) in [5.74, 6) is -1.01. The van der Waals surface area contributed by atoms with Gasteiger partial charge in [0.15, 0.2) is 16.0 Å². The van der Waals surface area contributed by atoms with E-state index in [-0.39, 0.29) is 29.5 Å². The average molecular weight is 401 g/mol. The summed E-state index contributed by atoms with van der Waals surface area (Å²) in [6, 6.07) is 0. The molecule has 0 aliphatic heterocycles. The van der Waals surface area contributed by atoms with Gasteiger partial charge in [-0.1, -0.05) is 0 Å². The predicted molar refractivity (Wildman–Crippen MR) is 83.5 cm³/mol. The van der Waals surface area contributed by atoms with Gasteiger partial charge in [0.2, 0.25) is 17.2 Å². The van der Waals surface area contributed by atoms with Crippen molar-refractivity contribution in [2.24, 2.45) is 0 Å². The highest BCUT2D eigenvalue weighted by atomic mass is 35.5. The van der Waals surface area contributed by atoms with Gasteiger partial charge in [-0.05, 0) is 11.6 Å². The van der Waals surface area contributed by atoms with Crippen LogP contribution in [0, 0.1) is 11.5 Å². The van der Waals surface area contributed by atoms with Gasteiger partial charge in [-0.25, -0.2) is 12.6 Å². The molecule has 1 heterocycles. The Morgan fingerprint density at radius 3 is 2.54 bits per heavy atom. The average Bonchev–Trinajstić information content (AvgIpc) is 2.43. The molecule has 0 radical (unpaired) electrons. The molecule has 0 bridgehead atoms. The standard InChI is InChI=1S/C9H13ClN6O6S2/c1-16(9-14-7(10)13-8(15-9)12-6-11)2-4-23(17,18)5-3-22-24(19,20)21/h2-5H2,1H3,(H,19,20,21)(H,12,13,14,15). The zero-order valence-corrected chi connectivity index (χ0v) is 14.6. The number of nitrogens with zero attached hydrogens (tertiary/aromatic N) is 5. The molecule has 0 saturated carbocycles. The van der Waals surface area contributed by atoms with Crippen molar-refractivity contribution < 1.29 is 25.6 Å². The molecule has 134 valence electrons. The molecular formula is C9H13ClN6O6S2. The molecular weight excluding hydrogens is 388 g/mol. The third-order valence-electron chi connectivity index (χ3n) is 2.47. The van der Waals surface area contributed by atoms with Gasteiger partial charge in [0.05, 0.1) is 18.1 Å². The van der Waals surface area contributed by atoms with E-state index < -0.39 is 32.6 Å². The number of nitriles is 1. The van der Waals surface area contributed by atoms with Crippen molar-refractivity contribution in [2.75, 3.05) is 41.9 Å². The van der Waals surface area contributed by atoms with Crippen molar-refractivity contribution in [1.29, 1.82) is 5.26 Å². The van der Waals surface area contributed by atoms with Crippen LogP contribution < -0.4 is 10.2 Å². The zero-order valence-electron chi connectivity index (χ0n) is 12.2. The van der Waals surface area contributed by atoms with E-state index in [0.717, 1.165) is 0 Å². The van der Waals surface area contributed by atoms with Crippen LogP contribution in [0.25, 0.3) is 0 Å². The van der Waals surface area contributed by atoms with Gasteiger partial charge in [-0.2, -0.15) is 28.6 Å². The minimum absolute atomic E-state index is 0.0390. The zero-order chi connectivity index (χ0) is 18.4. The summed E-state index contributed by atoms with van der Waals surface area (Å²) in [7, 11) is -6.85. The van der Waals surface area contributed by atoms with Crippen molar-refractivity contribution in [3.05, 3.63) is 5.28 Å². The fraction of sp³-hybridized carbons (Fsp3) is 0.556. The molecule has 0 fully saturated rings. The SMILES string of the molecule is CN(CCS(=O)(=O)CCOS(=O)(=O)O)c1nc(Cl)nc(NC#N)n1. The fourth-order valence-electron chi connectivity index (χ4n) is 1.36. The molecule has 0 spiro atoms. The lowest BCUT2D eigenvalue weighted by Crippen LogP contribution is -2.29. The second kappa shape index (κ2) is 8.35. The van der Waals surface area contributed by atoms with Crippen molar-refractivity contribution >= 4 is 43.7 Å². The summed E-state index contributed by atoms with van der Waals surface area (Å²) in [6.07, 6.45) is 1.61. The number of halogens is 1. The van der Waals surface area contributed by atoms with Crippen LogP contribution in [0.3, 0.4) is 0 Å². The number of nitrogens with one attached hydrogen (secondary N) is 1. The topological polar surface area (TPSA) is 175 Å². The smallest absolute Gasteiger partial charge is 0.343 e. The normalized spacial score (nSPS) is 11.8. The summed E-state index contributed by atoms with van der Waals surface area (Å²) in [6.45, 7) is -0.737. The lowest BCUT2D eigenvalue weighted by Gasteiger charge is -2.17. The molecule has 1 rings (SSSR count). The molecule has 0 aliphatic rings. The predicted octanol–water partition coefficient (Wildman–Crippen LogP) is -0.912. The Hall–Kier alpha value is -1.79. The third-order valence-corrected chi connectivity index (χ3v) is 4.70. The highest BCUT2D eigenvalue weighted by Crippen LogP contribution is 2.12. The molecule has 1 aromatic heterocycles. The molecule has 1 aromatic rings. The Balaban J connectivity index is 2.65. The van der Waals surface area contributed by atoms with E-state index in [0.29, 0.717) is 0 Å². The van der Waals surface area contributed by atoms with Gasteiger partial charge in [-0.15, -0.1) is 0 Å². The molecule has 0 unspecified atom stereocenters. The first-order valence-electron chi connectivity index (χ1n) is 6.12. The Morgan fingerprint density at radius 2 is 1.96 bits per heavy atom. The Kier molecular flexibility index (Phi) is 7.05. The number of rotatable bonds is 9. The Morgan fingerprint density at radius 1 is 1.29 bits per heavy atom. The minimum Gasteiger partial charge on any atom is -0.343 e. The maximum Gasteiger partial charge on any atom is 0.397 e. The van der Waals surface area contributed by atoms with E-state index in [1.54, 1.807) is 6.19 Å². The van der Waals surface area contributed by atoms with Gasteiger partial charge >= 0.3 is 10.4 Å². The Labute approximate surface area is 143 Å². The lowest BCUT2D eigenvalue weighted by atomic mass is 10.6. The molecule has 0 amide bonds. The van der Waals surface area contributed by atoms with E-state index >= 15 is 0 Å². The molecule has 12 nitrogen and oxygen atoms in total. The van der Waals surface area contributed by atoms with Crippen LogP contribution in [-0.2, 0) is 24.4 Å². The molecule has 0 atom stereocenters. The summed E-state index contributed by atoms with van der Waals surface area (Å²) in [5, 5.41) is 10.5. The summed E-state index contributed by atoms with van der Waals surface area (Å²) in [5.41, 5.74) is 0. The third kappa shape index (κ3) is 7.66. The molecule has 24 heavy (non-hydrogen) atoms. The molecule has 15 heteroatoms. The summed E-state index contributed by atoms with van der Waals surface area (Å²) < 4.78 is 56.6. The Bertz CT molecular complexity index is 823. The maximum atomic E-state index is 11.8. The second-order valence-corrected chi connectivity index (χ2v) is 8.02. The van der Waals surface area contributed by atoms with Crippen LogP contribution in [-0.4, -0.2) is 68.0 Å². The fourth-order valence-corrected chi connectivity index (χ4v) is 3.01. The van der Waals surface area contributed by atoms with Crippen LogP contribution >= 0.6 is 11.6 Å². The van der Waals surface area contributed by atoms with Gasteiger partial charge < -0.3 is 4.90 Å². The van der Waals surface area contributed by atoms with E-state index in [9.17, 15) is 16.8 Å². The highest BCUT2D eigenvalue weighted by molar-refractivity contribution is 7.91. The number of anilines is 2. The molecule has 2 N–H and O–H groups in total. The number of aromatic nitrogens is 3. The van der Waals surface area contributed by atoms with Gasteiger partial charge in [0, 0.05) is 13.6 Å². The van der Waals surface area contributed by atoms with Gasteiger partial charge in [0.1, 0.15) is 0 Å². The molecule has 0 saturated heterocycles. The van der Waals surface area contributed by atoms with E-state index in [1.165, 1.54) is 11.9 Å². The maximum absolute atomic E-state index is 11.8. The number of sulfone groups is 1. The van der Waals surface area contributed by atoms with Crippen molar-refractivity contribution in [2.45, 2.75) is 0 Å². The van der Waals surface area contributed by atoms with Crippen LogP contribution in [0.15, 0.2) is 0 Å². The largest absolute Gasteiger partial charge is 0.397 e. The summed E-state index contributed by atoms with van der Waals surface area (Å²) >= 11 is 5.68. The van der Waals surface area contributed by atoms with Crippen molar-refractivity contribution in [3.8, 4) is 6.19 Å². The highest BCUT2D eigenvalue weighted by Gasteiger charge is 2.16. The van der Waals surface area contributed by atoms with Gasteiger partial charge in [0.25, 0.3) is 0 Å². The van der Waals surface area contributed by atoms with Gasteiger partial charge in [-0.3, -0.25) is 9.87 Å². The first-order chi connectivity index (χ1) is 11.0. The monoisotopic (exact) mass is 400 g/mol. The van der Waals surface area contributed by atoms with E-state index in [2.05, 4.69) is 24.5 Å².